The summed E-state index contributed by atoms with van der Waals surface area (Å²) in [5, 5.41) is 0. The van der Waals surface area contributed by atoms with Crippen molar-refractivity contribution in [3.63, 3.8) is 0 Å². The van der Waals surface area contributed by atoms with Crippen molar-refractivity contribution in [3.05, 3.63) is 97.2 Å². The first-order valence-electron chi connectivity index (χ1n) is 31.2. The first kappa shape index (κ1) is 72.9. The molecule has 2 unspecified atom stereocenters. The molecule has 2 atom stereocenters. The van der Waals surface area contributed by atoms with Gasteiger partial charge in [-0.3, -0.25) is 18.6 Å². The molecule has 76 heavy (non-hydrogen) atoms. The molecule has 10 heteroatoms. The molecule has 0 saturated carbocycles. The molecule has 0 aromatic heterocycles. The monoisotopic (exact) mass is 1080 g/mol. The van der Waals surface area contributed by atoms with Gasteiger partial charge in [0, 0.05) is 19.4 Å². The molecule has 0 spiro atoms. The lowest BCUT2D eigenvalue weighted by Crippen LogP contribution is -2.29. The van der Waals surface area contributed by atoms with E-state index in [9.17, 15) is 19.0 Å². The number of carbonyl (C=O) groups is 2. The van der Waals surface area contributed by atoms with E-state index < -0.39 is 26.5 Å². The van der Waals surface area contributed by atoms with Crippen molar-refractivity contribution in [2.45, 2.75) is 283 Å². The molecule has 0 rings (SSSR count). The molecule has 0 amide bonds. The molecule has 3 N–H and O–H groups in total. The standard InChI is InChI=1S/C66H116NO8P/c1-3-5-7-9-11-13-15-17-19-21-23-24-25-26-27-28-29-30-31-32-33-34-35-36-37-38-39-40-41-43-45-47-49-51-53-55-57-59-66(69)75-64(63-74-76(70,71)73-61-60-67)62-72-65(68)58-56-54-52-50-48-46-44-42-22-20-18-16-14-12-10-8-6-4-2/h5,7,11,13,17,19,23-24,26-27,29-30,32-33,35-36,64H,3-4,6,8-10,12,14-16,18,20-22,25,28,31,34,37-63,67H2,1-2H3,(H,70,71)/b7-5-,13-11-,19-17-,24-23-,27-26-,30-29-,33-32-,36-35-. The Morgan fingerprint density at radius 3 is 1.08 bits per heavy atom. The highest BCUT2D eigenvalue weighted by Gasteiger charge is 2.26. The maximum atomic E-state index is 12.7. The van der Waals surface area contributed by atoms with Gasteiger partial charge in [0.05, 0.1) is 13.2 Å². The Hall–Kier alpha value is -3.07. The number of hydrogen-bond acceptors (Lipinski definition) is 8. The Balaban J connectivity index is 3.93. The molecule has 0 aromatic rings. The number of hydrogen-bond donors (Lipinski definition) is 2. The second-order valence-electron chi connectivity index (χ2n) is 20.6. The van der Waals surface area contributed by atoms with E-state index in [2.05, 4.69) is 111 Å². The molecule has 0 bridgehead atoms. The van der Waals surface area contributed by atoms with Crippen LogP contribution in [0.1, 0.15) is 277 Å². The van der Waals surface area contributed by atoms with Gasteiger partial charge < -0.3 is 20.1 Å². The number of rotatable bonds is 58. The van der Waals surface area contributed by atoms with Gasteiger partial charge in [-0.25, -0.2) is 4.57 Å². The highest BCUT2D eigenvalue weighted by Crippen LogP contribution is 2.43. The van der Waals surface area contributed by atoms with E-state index in [0.29, 0.717) is 6.42 Å². The van der Waals surface area contributed by atoms with E-state index in [1.807, 2.05) is 0 Å². The molecule has 438 valence electrons. The lowest BCUT2D eigenvalue weighted by Gasteiger charge is -2.19. The number of esters is 2. The first-order chi connectivity index (χ1) is 37.3. The Kier molecular flexibility index (Phi) is 58.7. The zero-order valence-electron chi connectivity index (χ0n) is 49.0. The largest absolute Gasteiger partial charge is 0.472 e. The smallest absolute Gasteiger partial charge is 0.462 e. The molecule has 0 aliphatic carbocycles. The minimum Gasteiger partial charge on any atom is -0.462 e. The zero-order chi connectivity index (χ0) is 55.2. The molecular weight excluding hydrogens is 966 g/mol. The summed E-state index contributed by atoms with van der Waals surface area (Å²) in [5.74, 6) is -0.823. The molecule has 0 radical (unpaired) electrons. The number of phosphoric ester groups is 1. The Morgan fingerprint density at radius 1 is 0.408 bits per heavy atom. The molecule has 0 fully saturated rings. The van der Waals surface area contributed by atoms with Gasteiger partial charge in [-0.15, -0.1) is 0 Å². The number of ether oxygens (including phenoxy) is 2. The van der Waals surface area contributed by atoms with Crippen LogP contribution >= 0.6 is 7.82 Å². The summed E-state index contributed by atoms with van der Waals surface area (Å²) >= 11 is 0. The number of phosphoric acid groups is 1. The van der Waals surface area contributed by atoms with Gasteiger partial charge in [-0.05, 0) is 77.0 Å². The first-order valence-corrected chi connectivity index (χ1v) is 32.7. The van der Waals surface area contributed by atoms with Gasteiger partial charge >= 0.3 is 19.8 Å². The number of carbonyl (C=O) groups excluding carboxylic acids is 2. The van der Waals surface area contributed by atoms with Crippen LogP contribution in [0.2, 0.25) is 0 Å². The maximum absolute atomic E-state index is 12.7. The van der Waals surface area contributed by atoms with E-state index in [-0.39, 0.29) is 38.6 Å². The average molecular weight is 1080 g/mol. The number of allylic oxidation sites excluding steroid dienone is 16. The van der Waals surface area contributed by atoms with Gasteiger partial charge in [-0.1, -0.05) is 284 Å². The number of unbranched alkanes of at least 4 members (excludes halogenated alkanes) is 29. The van der Waals surface area contributed by atoms with Crippen LogP contribution in [-0.2, 0) is 32.7 Å². The van der Waals surface area contributed by atoms with Crippen molar-refractivity contribution in [1.82, 2.24) is 0 Å². The normalized spacial score (nSPS) is 13.7. The molecule has 9 nitrogen and oxygen atoms in total. The van der Waals surface area contributed by atoms with Crippen LogP contribution in [0.3, 0.4) is 0 Å². The van der Waals surface area contributed by atoms with Crippen LogP contribution in [0.4, 0.5) is 0 Å². The Morgan fingerprint density at radius 2 is 0.724 bits per heavy atom. The second-order valence-corrected chi connectivity index (χ2v) is 22.0. The fraction of sp³-hybridized carbons (Fsp3) is 0.727. The topological polar surface area (TPSA) is 134 Å². The second kappa shape index (κ2) is 61.1. The Labute approximate surface area is 467 Å². The van der Waals surface area contributed by atoms with Crippen molar-refractivity contribution in [3.8, 4) is 0 Å². The highest BCUT2D eigenvalue weighted by molar-refractivity contribution is 7.47. The minimum absolute atomic E-state index is 0.0513. The van der Waals surface area contributed by atoms with Gasteiger partial charge in [0.2, 0.25) is 0 Å². The van der Waals surface area contributed by atoms with E-state index in [4.69, 9.17) is 24.3 Å². The molecular formula is C66H116NO8P. The highest BCUT2D eigenvalue weighted by atomic mass is 31.2. The van der Waals surface area contributed by atoms with Crippen LogP contribution in [0.5, 0.6) is 0 Å². The van der Waals surface area contributed by atoms with Gasteiger partial charge in [0.1, 0.15) is 6.61 Å². The molecule has 0 aromatic carbocycles. The average Bonchev–Trinajstić information content (AvgIpc) is 3.41. The summed E-state index contributed by atoms with van der Waals surface area (Å²) in [6.07, 6.45) is 81.9. The quantitative estimate of drug-likeness (QED) is 0.0264. The van der Waals surface area contributed by atoms with E-state index in [0.717, 1.165) is 89.9 Å². The SMILES string of the molecule is CC/C=C\C/C=C\C/C=C\C/C=C\C/C=C\C/C=C\C/C=C\C/C=C\CCCCCCCCCCCCCCC(=O)OC(COC(=O)CCCCCCCCCCCCCCCCCCCC)COP(=O)(O)OCCN. The lowest BCUT2D eigenvalue weighted by molar-refractivity contribution is -0.161. The van der Waals surface area contributed by atoms with Crippen LogP contribution in [0, 0.1) is 0 Å². The van der Waals surface area contributed by atoms with Crippen LogP contribution in [-0.4, -0.2) is 49.3 Å². The van der Waals surface area contributed by atoms with Crippen molar-refractivity contribution >= 4 is 19.8 Å². The van der Waals surface area contributed by atoms with Crippen LogP contribution in [0.25, 0.3) is 0 Å². The van der Waals surface area contributed by atoms with E-state index >= 15 is 0 Å². The summed E-state index contributed by atoms with van der Waals surface area (Å²) in [7, 11) is -4.39. The van der Waals surface area contributed by atoms with Crippen molar-refractivity contribution < 1.29 is 37.6 Å². The van der Waals surface area contributed by atoms with Gasteiger partial charge in [0.15, 0.2) is 6.10 Å². The fourth-order valence-corrected chi connectivity index (χ4v) is 9.42. The maximum Gasteiger partial charge on any atom is 0.472 e. The van der Waals surface area contributed by atoms with E-state index in [1.165, 1.54) is 154 Å². The molecule has 0 aliphatic heterocycles. The predicted molar refractivity (Wildman–Crippen MR) is 325 cm³/mol. The molecule has 0 heterocycles. The summed E-state index contributed by atoms with van der Waals surface area (Å²) < 4.78 is 33.1. The van der Waals surface area contributed by atoms with Crippen molar-refractivity contribution in [2.75, 3.05) is 26.4 Å². The van der Waals surface area contributed by atoms with E-state index in [1.54, 1.807) is 0 Å². The minimum atomic E-state index is -4.39. The Bertz CT molecular complexity index is 1560. The fourth-order valence-electron chi connectivity index (χ4n) is 8.65. The molecule has 0 saturated heterocycles. The number of nitrogens with two attached hydrogens (primary N) is 1. The van der Waals surface area contributed by atoms with Crippen molar-refractivity contribution in [2.24, 2.45) is 5.73 Å². The molecule has 0 aliphatic rings. The third-order valence-corrected chi connectivity index (χ3v) is 14.2. The summed E-state index contributed by atoms with van der Waals surface area (Å²) in [6.45, 7) is 3.65. The van der Waals surface area contributed by atoms with Crippen molar-refractivity contribution in [1.29, 1.82) is 0 Å². The van der Waals surface area contributed by atoms with Gasteiger partial charge in [0.25, 0.3) is 0 Å². The summed E-state index contributed by atoms with van der Waals surface area (Å²) in [5.41, 5.74) is 5.39. The van der Waals surface area contributed by atoms with Crippen LogP contribution < -0.4 is 5.73 Å². The predicted octanol–water partition coefficient (Wildman–Crippen LogP) is 20.0. The summed E-state index contributed by atoms with van der Waals surface area (Å²) in [4.78, 5) is 35.2. The zero-order valence-corrected chi connectivity index (χ0v) is 49.9. The third kappa shape index (κ3) is 60.2. The third-order valence-electron chi connectivity index (χ3n) is 13.2. The summed E-state index contributed by atoms with van der Waals surface area (Å²) in [6, 6.07) is 0. The van der Waals surface area contributed by atoms with Gasteiger partial charge in [-0.2, -0.15) is 0 Å². The lowest BCUT2D eigenvalue weighted by atomic mass is 10.0. The van der Waals surface area contributed by atoms with Crippen LogP contribution in [0.15, 0.2) is 97.2 Å².